The van der Waals surface area contributed by atoms with Crippen LogP contribution >= 0.6 is 0 Å². The second-order valence-corrected chi connectivity index (χ2v) is 9.45. The van der Waals surface area contributed by atoms with Crippen LogP contribution in [0.1, 0.15) is 44.1 Å². The van der Waals surface area contributed by atoms with Gasteiger partial charge in [-0.1, -0.05) is 20.8 Å². The van der Waals surface area contributed by atoms with Crippen LogP contribution in [-0.2, 0) is 17.6 Å². The van der Waals surface area contributed by atoms with E-state index in [9.17, 15) is 22.0 Å². The van der Waals surface area contributed by atoms with E-state index in [0.29, 0.717) is 5.82 Å². The van der Waals surface area contributed by atoms with E-state index >= 15 is 0 Å². The first kappa shape index (κ1) is 22.5. The molecule has 0 N–H and O–H groups in total. The number of alkyl halides is 5. The summed E-state index contributed by atoms with van der Waals surface area (Å²) in [7, 11) is 0. The van der Waals surface area contributed by atoms with Gasteiger partial charge < -0.3 is 4.90 Å². The van der Waals surface area contributed by atoms with Crippen LogP contribution in [0.3, 0.4) is 0 Å². The maximum absolute atomic E-state index is 13.9. The van der Waals surface area contributed by atoms with Crippen molar-refractivity contribution in [1.82, 2.24) is 29.9 Å². The van der Waals surface area contributed by atoms with Crippen LogP contribution in [-0.4, -0.2) is 55.1 Å². The summed E-state index contributed by atoms with van der Waals surface area (Å²) in [5.41, 5.74) is -2.76. The molecule has 0 spiro atoms. The van der Waals surface area contributed by atoms with Gasteiger partial charge in [0.15, 0.2) is 11.3 Å². The molecule has 0 atom stereocenters. The Bertz CT molecular complexity index is 1290. The Morgan fingerprint density at radius 3 is 2.38 bits per heavy atom. The molecule has 0 saturated carbocycles. The fourth-order valence-corrected chi connectivity index (χ4v) is 3.85. The zero-order chi connectivity index (χ0) is 24.5. The van der Waals surface area contributed by atoms with Crippen molar-refractivity contribution in [3.05, 3.63) is 35.4 Å². The molecule has 5 heterocycles. The fourth-order valence-electron chi connectivity index (χ4n) is 3.85. The minimum absolute atomic E-state index is 0.0828. The van der Waals surface area contributed by atoms with Crippen LogP contribution in [0.4, 0.5) is 27.8 Å². The van der Waals surface area contributed by atoms with Gasteiger partial charge in [0.05, 0.1) is 13.1 Å². The number of halogens is 5. The minimum atomic E-state index is -4.70. The highest BCUT2D eigenvalue weighted by molar-refractivity contribution is 5.82. The third kappa shape index (κ3) is 3.74. The van der Waals surface area contributed by atoms with Crippen molar-refractivity contribution in [1.29, 1.82) is 0 Å². The van der Waals surface area contributed by atoms with Crippen LogP contribution in [0.2, 0.25) is 0 Å². The molecule has 0 aliphatic carbocycles. The van der Waals surface area contributed by atoms with Gasteiger partial charge in [-0.3, -0.25) is 4.98 Å². The number of nitrogens with zero attached hydrogens (tertiary/aromatic N) is 9. The lowest BCUT2D eigenvalue weighted by Gasteiger charge is -2.21. The maximum Gasteiger partial charge on any atom is 0.442 e. The summed E-state index contributed by atoms with van der Waals surface area (Å²) in [6.45, 7) is 5.02. The lowest BCUT2D eigenvalue weighted by atomic mass is 9.96. The van der Waals surface area contributed by atoms with Crippen molar-refractivity contribution in [3.63, 3.8) is 0 Å². The molecule has 0 radical (unpaired) electrons. The van der Waals surface area contributed by atoms with Gasteiger partial charge in [0, 0.05) is 41.9 Å². The SMILES string of the molecule is CC(C)(C)c1nc(N2CCC(F)(F)C2)c2nn(Cc3cnccc3C3(C(F)(F)F)N=N3)nc2n1. The standard InChI is InChI=1S/C20H20F5N9/c1-17(2,3)16-27-14-13(15(28-16)33-7-5-18(21,22)10-33)29-34(30-14)9-11-8-26-6-4-12(11)19(31-32-19)20(23,24)25/h4,6,8H,5,7,9-10H2,1-3H3. The molecule has 0 amide bonds. The third-order valence-electron chi connectivity index (χ3n) is 5.70. The van der Waals surface area contributed by atoms with Crippen molar-refractivity contribution >= 4 is 17.0 Å². The molecule has 0 unspecified atom stereocenters. The monoisotopic (exact) mass is 481 g/mol. The zero-order valence-electron chi connectivity index (χ0n) is 18.5. The third-order valence-corrected chi connectivity index (χ3v) is 5.70. The first-order valence-electron chi connectivity index (χ1n) is 10.5. The molecule has 1 saturated heterocycles. The Labute approximate surface area is 190 Å². The smallest absolute Gasteiger partial charge is 0.348 e. The summed E-state index contributed by atoms with van der Waals surface area (Å²) < 4.78 is 68.6. The summed E-state index contributed by atoms with van der Waals surface area (Å²) >= 11 is 0. The van der Waals surface area contributed by atoms with E-state index in [-0.39, 0.29) is 47.6 Å². The summed E-state index contributed by atoms with van der Waals surface area (Å²) in [4.78, 5) is 15.5. The summed E-state index contributed by atoms with van der Waals surface area (Å²) in [5, 5.41) is 15.2. The molecular formula is C20H20F5N9. The normalized spacial score (nSPS) is 19.2. The van der Waals surface area contributed by atoms with Gasteiger partial charge in [0.25, 0.3) is 5.92 Å². The average molecular weight is 481 g/mol. The summed E-state index contributed by atoms with van der Waals surface area (Å²) in [6, 6.07) is 1.21. The highest BCUT2D eigenvalue weighted by Crippen LogP contribution is 2.53. The first-order chi connectivity index (χ1) is 15.8. The highest BCUT2D eigenvalue weighted by atomic mass is 19.4. The average Bonchev–Trinajstić information content (AvgIpc) is 3.33. The highest BCUT2D eigenvalue weighted by Gasteiger charge is 2.65. The molecule has 3 aromatic rings. The number of hydrogen-bond acceptors (Lipinski definition) is 8. The molecule has 34 heavy (non-hydrogen) atoms. The van der Waals surface area contributed by atoms with Gasteiger partial charge in [-0.25, -0.2) is 18.7 Å². The molecule has 9 nitrogen and oxygen atoms in total. The molecule has 0 bridgehead atoms. The minimum Gasteiger partial charge on any atom is -0.348 e. The van der Waals surface area contributed by atoms with E-state index in [4.69, 9.17) is 0 Å². The van der Waals surface area contributed by atoms with Crippen molar-refractivity contribution < 1.29 is 22.0 Å². The molecule has 14 heteroatoms. The van der Waals surface area contributed by atoms with E-state index in [2.05, 4.69) is 35.4 Å². The molecule has 1 fully saturated rings. The van der Waals surface area contributed by atoms with E-state index < -0.39 is 29.7 Å². The predicted molar refractivity (Wildman–Crippen MR) is 110 cm³/mol. The number of rotatable bonds is 4. The fraction of sp³-hybridized carbons (Fsp3) is 0.550. The molecule has 2 aliphatic heterocycles. The van der Waals surface area contributed by atoms with E-state index in [1.165, 1.54) is 23.4 Å². The second-order valence-electron chi connectivity index (χ2n) is 9.45. The quantitative estimate of drug-likeness (QED) is 0.523. The Balaban J connectivity index is 1.57. The number of hydrogen-bond donors (Lipinski definition) is 0. The number of pyridine rings is 1. The van der Waals surface area contributed by atoms with Crippen LogP contribution in [0.25, 0.3) is 11.2 Å². The molecule has 0 aromatic carbocycles. The topological polar surface area (TPSA) is 97.3 Å². The second kappa shape index (κ2) is 7.09. The van der Waals surface area contributed by atoms with Crippen LogP contribution in [0.15, 0.2) is 28.7 Å². The van der Waals surface area contributed by atoms with Crippen molar-refractivity contribution in [2.24, 2.45) is 10.2 Å². The molecule has 3 aromatic heterocycles. The van der Waals surface area contributed by atoms with Gasteiger partial charge in [0.2, 0.25) is 5.65 Å². The number of aromatic nitrogens is 6. The van der Waals surface area contributed by atoms with Gasteiger partial charge in [-0.05, 0) is 6.07 Å². The van der Waals surface area contributed by atoms with Crippen molar-refractivity contribution in [2.45, 2.75) is 56.9 Å². The Morgan fingerprint density at radius 2 is 1.79 bits per heavy atom. The summed E-state index contributed by atoms with van der Waals surface area (Å²) in [6.07, 6.45) is -2.51. The van der Waals surface area contributed by atoms with E-state index in [1.54, 1.807) is 0 Å². The van der Waals surface area contributed by atoms with Crippen LogP contribution in [0.5, 0.6) is 0 Å². The Hall–Kier alpha value is -3.32. The van der Waals surface area contributed by atoms with Gasteiger partial charge in [-0.15, -0.1) is 20.4 Å². The first-order valence-corrected chi connectivity index (χ1v) is 10.5. The van der Waals surface area contributed by atoms with Gasteiger partial charge in [-0.2, -0.15) is 18.0 Å². The van der Waals surface area contributed by atoms with Crippen LogP contribution in [0, 0.1) is 0 Å². The van der Waals surface area contributed by atoms with Gasteiger partial charge in [0.1, 0.15) is 5.82 Å². The molecule has 2 aliphatic rings. The zero-order valence-corrected chi connectivity index (χ0v) is 18.5. The van der Waals surface area contributed by atoms with E-state index in [1.807, 2.05) is 20.8 Å². The maximum atomic E-state index is 13.9. The molecular weight excluding hydrogens is 461 g/mol. The van der Waals surface area contributed by atoms with E-state index in [0.717, 1.165) is 4.80 Å². The lowest BCUT2D eigenvalue weighted by molar-refractivity contribution is -0.166. The van der Waals surface area contributed by atoms with Gasteiger partial charge >= 0.3 is 11.8 Å². The largest absolute Gasteiger partial charge is 0.442 e. The Morgan fingerprint density at radius 1 is 1.06 bits per heavy atom. The lowest BCUT2D eigenvalue weighted by Crippen LogP contribution is -2.31. The number of anilines is 1. The summed E-state index contributed by atoms with van der Waals surface area (Å²) in [5.74, 6) is -2.24. The van der Waals surface area contributed by atoms with Crippen molar-refractivity contribution in [2.75, 3.05) is 18.0 Å². The molecule has 5 rings (SSSR count). The Kier molecular flexibility index (Phi) is 4.69. The van der Waals surface area contributed by atoms with Crippen molar-refractivity contribution in [3.8, 4) is 0 Å². The predicted octanol–water partition coefficient (Wildman–Crippen LogP) is 3.99. The number of fused-ring (bicyclic) bond motifs is 1. The molecule has 180 valence electrons. The van der Waals surface area contributed by atoms with Crippen LogP contribution < -0.4 is 4.90 Å².